The number of likely N-dealkylation sites (tertiary alicyclic amines) is 1. The molecule has 1 aliphatic rings. The van der Waals surface area contributed by atoms with Crippen LogP contribution in [0.4, 0.5) is 0 Å². The third kappa shape index (κ3) is 4.39. The Morgan fingerprint density at radius 1 is 1.53 bits per heavy atom. The first-order valence-corrected chi connectivity index (χ1v) is 7.24. The Morgan fingerprint density at radius 2 is 2.47 bits per heavy atom. The number of hydrogen-bond donors (Lipinski definition) is 1. The van der Waals surface area contributed by atoms with Crippen molar-refractivity contribution in [3.63, 3.8) is 0 Å². The zero-order chi connectivity index (χ0) is 11.9. The third-order valence-corrected chi connectivity index (χ3v) is 4.23. The van der Waals surface area contributed by atoms with Gasteiger partial charge in [0.05, 0.1) is 6.10 Å². The predicted molar refractivity (Wildman–Crippen MR) is 72.7 cm³/mol. The fourth-order valence-corrected chi connectivity index (χ4v) is 2.93. The maximum Gasteiger partial charge on any atom is 0.0710 e. The van der Waals surface area contributed by atoms with Crippen molar-refractivity contribution in [2.24, 2.45) is 0 Å². The molecule has 0 saturated carbocycles. The van der Waals surface area contributed by atoms with Crippen molar-refractivity contribution in [3.8, 4) is 0 Å². The monoisotopic (exact) mass is 254 g/mol. The van der Waals surface area contributed by atoms with Crippen LogP contribution in [0.25, 0.3) is 0 Å². The summed E-state index contributed by atoms with van der Waals surface area (Å²) < 4.78 is 5.36. The van der Waals surface area contributed by atoms with Gasteiger partial charge in [0.25, 0.3) is 0 Å². The smallest absolute Gasteiger partial charge is 0.0710 e. The van der Waals surface area contributed by atoms with Crippen molar-refractivity contribution >= 4 is 11.3 Å². The fraction of sp³-hybridized carbons (Fsp3) is 0.692. The van der Waals surface area contributed by atoms with Gasteiger partial charge in [0.2, 0.25) is 0 Å². The van der Waals surface area contributed by atoms with E-state index in [1.807, 2.05) is 18.4 Å². The van der Waals surface area contributed by atoms with Gasteiger partial charge in [-0.25, -0.2) is 0 Å². The van der Waals surface area contributed by atoms with Crippen LogP contribution in [0.2, 0.25) is 0 Å². The van der Waals surface area contributed by atoms with Crippen molar-refractivity contribution in [3.05, 3.63) is 22.4 Å². The normalized spacial score (nSPS) is 21.1. The molecule has 1 unspecified atom stereocenters. The van der Waals surface area contributed by atoms with E-state index < -0.39 is 0 Å². The van der Waals surface area contributed by atoms with Crippen LogP contribution in [0, 0.1) is 0 Å². The van der Waals surface area contributed by atoms with Crippen LogP contribution in [0.1, 0.15) is 11.3 Å². The number of hydrogen-bond acceptors (Lipinski definition) is 4. The molecule has 1 atom stereocenters. The maximum atomic E-state index is 5.36. The predicted octanol–water partition coefficient (Wildman–Crippen LogP) is 1.60. The van der Waals surface area contributed by atoms with Crippen LogP contribution in [0.5, 0.6) is 0 Å². The number of thiophene rings is 1. The highest BCUT2D eigenvalue weighted by atomic mass is 32.1. The Labute approximate surface area is 108 Å². The second-order valence-electron chi connectivity index (χ2n) is 4.53. The number of ether oxygens (including phenoxy) is 1. The van der Waals surface area contributed by atoms with E-state index in [2.05, 4.69) is 27.7 Å². The molecule has 0 aliphatic carbocycles. The Morgan fingerprint density at radius 3 is 3.18 bits per heavy atom. The molecule has 3 nitrogen and oxygen atoms in total. The zero-order valence-corrected chi connectivity index (χ0v) is 11.3. The van der Waals surface area contributed by atoms with E-state index in [4.69, 9.17) is 4.74 Å². The highest BCUT2D eigenvalue weighted by Gasteiger charge is 2.20. The fourth-order valence-electron chi connectivity index (χ4n) is 2.22. The van der Waals surface area contributed by atoms with Crippen molar-refractivity contribution in [2.75, 3.05) is 39.8 Å². The lowest BCUT2D eigenvalue weighted by Crippen LogP contribution is -2.32. The van der Waals surface area contributed by atoms with Gasteiger partial charge in [-0.3, -0.25) is 4.90 Å². The summed E-state index contributed by atoms with van der Waals surface area (Å²) in [5, 5.41) is 5.65. The van der Waals surface area contributed by atoms with E-state index in [1.165, 1.54) is 17.8 Å². The molecule has 4 heteroatoms. The lowest BCUT2D eigenvalue weighted by Gasteiger charge is -2.15. The minimum atomic E-state index is 0.459. The number of nitrogens with one attached hydrogen (secondary N) is 1. The van der Waals surface area contributed by atoms with Gasteiger partial charge in [0.1, 0.15) is 0 Å². The molecule has 1 saturated heterocycles. The van der Waals surface area contributed by atoms with Crippen LogP contribution in [-0.2, 0) is 11.2 Å². The van der Waals surface area contributed by atoms with Gasteiger partial charge < -0.3 is 10.1 Å². The van der Waals surface area contributed by atoms with Crippen LogP contribution >= 0.6 is 11.3 Å². The second kappa shape index (κ2) is 7.11. The Kier molecular flexibility index (Phi) is 5.45. The molecule has 1 aromatic rings. The molecule has 2 heterocycles. The standard InChI is InChI=1S/C13H22N2OS/c1-16-12-5-8-15(11-12)9-7-14-6-4-13-3-2-10-17-13/h2-3,10,12,14H,4-9,11H2,1H3. The van der Waals surface area contributed by atoms with E-state index in [0.29, 0.717) is 6.10 Å². The van der Waals surface area contributed by atoms with Crippen molar-refractivity contribution in [1.82, 2.24) is 10.2 Å². The molecule has 0 radical (unpaired) electrons. The third-order valence-electron chi connectivity index (χ3n) is 3.30. The van der Waals surface area contributed by atoms with Crippen LogP contribution in [0.15, 0.2) is 17.5 Å². The lowest BCUT2D eigenvalue weighted by atomic mass is 10.3. The van der Waals surface area contributed by atoms with E-state index in [9.17, 15) is 0 Å². The van der Waals surface area contributed by atoms with Gasteiger partial charge in [-0.2, -0.15) is 0 Å². The van der Waals surface area contributed by atoms with Crippen molar-refractivity contribution in [2.45, 2.75) is 18.9 Å². The molecule has 0 aromatic carbocycles. The topological polar surface area (TPSA) is 24.5 Å². The van der Waals surface area contributed by atoms with Gasteiger partial charge in [-0.05, 0) is 24.3 Å². The average molecular weight is 254 g/mol. The molecule has 1 N–H and O–H groups in total. The summed E-state index contributed by atoms with van der Waals surface area (Å²) in [6.45, 7) is 5.60. The van der Waals surface area contributed by atoms with Gasteiger partial charge >= 0.3 is 0 Å². The Hall–Kier alpha value is -0.420. The average Bonchev–Trinajstić information content (AvgIpc) is 2.99. The van der Waals surface area contributed by atoms with Gasteiger partial charge in [0.15, 0.2) is 0 Å². The van der Waals surface area contributed by atoms with Gasteiger partial charge in [0, 0.05) is 44.7 Å². The molecule has 96 valence electrons. The maximum absolute atomic E-state index is 5.36. The summed E-state index contributed by atoms with van der Waals surface area (Å²) >= 11 is 1.84. The summed E-state index contributed by atoms with van der Waals surface area (Å²) in [6.07, 6.45) is 2.80. The second-order valence-corrected chi connectivity index (χ2v) is 5.56. The summed E-state index contributed by atoms with van der Waals surface area (Å²) in [4.78, 5) is 3.95. The summed E-state index contributed by atoms with van der Waals surface area (Å²) in [6, 6.07) is 4.32. The van der Waals surface area contributed by atoms with Crippen LogP contribution < -0.4 is 5.32 Å². The molecule has 1 fully saturated rings. The minimum Gasteiger partial charge on any atom is -0.380 e. The Bertz CT molecular complexity index is 302. The van der Waals surface area contributed by atoms with E-state index in [0.717, 1.165) is 32.6 Å². The molecule has 0 amide bonds. The summed E-state index contributed by atoms with van der Waals surface area (Å²) in [5.74, 6) is 0. The molecule has 1 aliphatic heterocycles. The van der Waals surface area contributed by atoms with Crippen LogP contribution in [0.3, 0.4) is 0 Å². The van der Waals surface area contributed by atoms with Crippen LogP contribution in [-0.4, -0.2) is 50.8 Å². The Balaban J connectivity index is 1.49. The van der Waals surface area contributed by atoms with Crippen molar-refractivity contribution in [1.29, 1.82) is 0 Å². The highest BCUT2D eigenvalue weighted by molar-refractivity contribution is 7.09. The van der Waals surface area contributed by atoms with Crippen molar-refractivity contribution < 1.29 is 4.74 Å². The molecule has 0 spiro atoms. The molecule has 0 bridgehead atoms. The number of nitrogens with zero attached hydrogens (tertiary/aromatic N) is 1. The quantitative estimate of drug-likeness (QED) is 0.748. The SMILES string of the molecule is COC1CCN(CCNCCc2cccs2)C1. The molecule has 2 rings (SSSR count). The van der Waals surface area contributed by atoms with E-state index in [-0.39, 0.29) is 0 Å². The molecule has 17 heavy (non-hydrogen) atoms. The number of rotatable bonds is 7. The lowest BCUT2D eigenvalue weighted by molar-refractivity contribution is 0.108. The summed E-state index contributed by atoms with van der Waals surface area (Å²) in [7, 11) is 1.81. The molecular formula is C13H22N2OS. The molecular weight excluding hydrogens is 232 g/mol. The number of methoxy groups -OCH3 is 1. The van der Waals surface area contributed by atoms with Gasteiger partial charge in [-0.15, -0.1) is 11.3 Å². The zero-order valence-electron chi connectivity index (χ0n) is 10.5. The first-order chi connectivity index (χ1) is 8.38. The largest absolute Gasteiger partial charge is 0.380 e. The summed E-state index contributed by atoms with van der Waals surface area (Å²) in [5.41, 5.74) is 0. The van der Waals surface area contributed by atoms with E-state index in [1.54, 1.807) is 0 Å². The molecule has 1 aromatic heterocycles. The van der Waals surface area contributed by atoms with E-state index >= 15 is 0 Å². The highest BCUT2D eigenvalue weighted by Crippen LogP contribution is 2.10. The minimum absolute atomic E-state index is 0.459. The van der Waals surface area contributed by atoms with Gasteiger partial charge in [-0.1, -0.05) is 6.07 Å². The first-order valence-electron chi connectivity index (χ1n) is 6.36. The first kappa shape index (κ1) is 13.0.